The van der Waals surface area contributed by atoms with Gasteiger partial charge in [0.15, 0.2) is 0 Å². The zero-order valence-corrected chi connectivity index (χ0v) is 14.9. The van der Waals surface area contributed by atoms with Gasteiger partial charge in [-0.1, -0.05) is 50.3 Å². The van der Waals surface area contributed by atoms with Crippen molar-refractivity contribution >= 4 is 11.1 Å². The highest BCUT2D eigenvalue weighted by molar-refractivity contribution is 5.67. The van der Waals surface area contributed by atoms with Crippen LogP contribution in [-0.2, 0) is 9.47 Å². The van der Waals surface area contributed by atoms with Gasteiger partial charge in [-0.05, 0) is 37.5 Å². The average molecular weight is 308 g/mol. The van der Waals surface area contributed by atoms with E-state index in [1.807, 2.05) is 34.0 Å². The van der Waals surface area contributed by atoms with Crippen molar-refractivity contribution in [3.05, 3.63) is 48.2 Å². The van der Waals surface area contributed by atoms with E-state index in [0.29, 0.717) is 6.61 Å². The lowest BCUT2D eigenvalue weighted by atomic mass is 10.0. The van der Waals surface area contributed by atoms with Crippen LogP contribution in [0.4, 0.5) is 0 Å². The van der Waals surface area contributed by atoms with Crippen LogP contribution in [0, 0.1) is 0 Å². The highest BCUT2D eigenvalue weighted by Crippen LogP contribution is 2.18. The zero-order valence-electron chi connectivity index (χ0n) is 14.9. The monoisotopic (exact) mass is 308 g/mol. The third-order valence-electron chi connectivity index (χ3n) is 3.14. The molecular weight excluding hydrogens is 276 g/mol. The third-order valence-corrected chi connectivity index (χ3v) is 3.14. The summed E-state index contributed by atoms with van der Waals surface area (Å²) in [6, 6.07) is 8.36. The van der Waals surface area contributed by atoms with Crippen LogP contribution >= 0.6 is 0 Å². The summed E-state index contributed by atoms with van der Waals surface area (Å²) >= 11 is 0. The molecule has 1 unspecified atom stereocenters. The summed E-state index contributed by atoms with van der Waals surface area (Å²) in [5.74, 6) is 0. The molecule has 22 heavy (non-hydrogen) atoms. The van der Waals surface area contributed by atoms with Gasteiger partial charge in [-0.15, -0.1) is 0 Å². The minimum Gasteiger partial charge on any atom is -0.501 e. The Morgan fingerprint density at radius 3 is 2.09 bits per heavy atom. The highest BCUT2D eigenvalue weighted by Gasteiger charge is 2.00. The van der Waals surface area contributed by atoms with Crippen LogP contribution < -0.4 is 0 Å². The first-order valence-electron chi connectivity index (χ1n) is 7.62. The molecule has 0 radical (unpaired) electrons. The summed E-state index contributed by atoms with van der Waals surface area (Å²) in [6.45, 7) is 14.7. The molecule has 0 saturated carbocycles. The molecule has 1 aromatic carbocycles. The van der Waals surface area contributed by atoms with Crippen molar-refractivity contribution in [3.63, 3.8) is 0 Å². The largest absolute Gasteiger partial charge is 0.501 e. The van der Waals surface area contributed by atoms with Gasteiger partial charge in [0.05, 0.1) is 19.0 Å². The van der Waals surface area contributed by atoms with Crippen LogP contribution in [0.2, 0.25) is 0 Å². The summed E-state index contributed by atoms with van der Waals surface area (Å²) in [5, 5.41) is 0. The van der Waals surface area contributed by atoms with Crippen molar-refractivity contribution in [1.82, 2.24) is 0 Å². The van der Waals surface area contributed by atoms with Gasteiger partial charge < -0.3 is 14.9 Å². The lowest BCUT2D eigenvalue weighted by Crippen LogP contribution is -2.07. The Morgan fingerprint density at radius 1 is 1.14 bits per heavy atom. The number of methoxy groups -OCH3 is 1. The van der Waals surface area contributed by atoms with Crippen molar-refractivity contribution < 1.29 is 14.9 Å². The molecule has 0 spiro atoms. The summed E-state index contributed by atoms with van der Waals surface area (Å²) in [7, 11) is 1.72. The molecule has 126 valence electrons. The standard InChI is InChI=1S/C17H24O2.C2H6.H2O/c1-13(2)16-6-8-17(9-7-16)14(3)12-19-11-10-15(4)18-5;1-2;/h6-9,12,15H,1,10-11H2,2-5H3;1-2H3;1H2/b14-12+;;. The zero-order chi connectivity index (χ0) is 16.3. The first-order valence-corrected chi connectivity index (χ1v) is 7.62. The van der Waals surface area contributed by atoms with Gasteiger partial charge >= 0.3 is 0 Å². The quantitative estimate of drug-likeness (QED) is 0.540. The number of hydrogen-bond acceptors (Lipinski definition) is 2. The maximum Gasteiger partial charge on any atom is 0.0898 e. The molecule has 1 aromatic rings. The number of benzene rings is 1. The fraction of sp³-hybridized carbons (Fsp3) is 0.474. The number of ether oxygens (including phenoxy) is 2. The van der Waals surface area contributed by atoms with Gasteiger partial charge in [-0.25, -0.2) is 0 Å². The fourth-order valence-electron chi connectivity index (χ4n) is 1.62. The fourth-order valence-corrected chi connectivity index (χ4v) is 1.62. The van der Waals surface area contributed by atoms with Crippen LogP contribution in [-0.4, -0.2) is 25.3 Å². The van der Waals surface area contributed by atoms with Gasteiger partial charge in [-0.3, -0.25) is 0 Å². The maximum absolute atomic E-state index is 5.54. The SMILES string of the molecule is C=C(C)c1ccc(/C(C)=C/OCCC(C)OC)cc1.CC.O. The van der Waals surface area contributed by atoms with Crippen molar-refractivity contribution in [2.75, 3.05) is 13.7 Å². The first kappa shape index (κ1) is 22.7. The molecule has 0 aliphatic carbocycles. The van der Waals surface area contributed by atoms with E-state index >= 15 is 0 Å². The minimum atomic E-state index is 0. The van der Waals surface area contributed by atoms with Gasteiger partial charge in [0, 0.05) is 13.5 Å². The van der Waals surface area contributed by atoms with Crippen LogP contribution in [0.15, 0.2) is 37.1 Å². The Kier molecular flexibility index (Phi) is 13.5. The highest BCUT2D eigenvalue weighted by atomic mass is 16.5. The molecule has 0 aliphatic rings. The number of hydrogen-bond donors (Lipinski definition) is 0. The Morgan fingerprint density at radius 2 is 1.64 bits per heavy atom. The van der Waals surface area contributed by atoms with Crippen LogP contribution in [0.25, 0.3) is 11.1 Å². The molecule has 3 heteroatoms. The molecule has 0 aromatic heterocycles. The van der Waals surface area contributed by atoms with E-state index in [1.165, 1.54) is 11.1 Å². The van der Waals surface area contributed by atoms with Crippen molar-refractivity contribution in [2.45, 2.75) is 47.1 Å². The third kappa shape index (κ3) is 8.65. The second-order valence-corrected chi connectivity index (χ2v) is 4.86. The summed E-state index contributed by atoms with van der Waals surface area (Å²) in [6.07, 6.45) is 2.95. The molecular formula is C19H32O3. The molecule has 2 N–H and O–H groups in total. The van der Waals surface area contributed by atoms with Gasteiger partial charge in [0.1, 0.15) is 0 Å². The van der Waals surface area contributed by atoms with E-state index in [4.69, 9.17) is 9.47 Å². The summed E-state index contributed by atoms with van der Waals surface area (Å²) in [5.41, 5.74) is 4.55. The first-order chi connectivity index (χ1) is 10.0. The topological polar surface area (TPSA) is 50.0 Å². The Balaban J connectivity index is 0. The van der Waals surface area contributed by atoms with E-state index < -0.39 is 0 Å². The van der Waals surface area contributed by atoms with Gasteiger partial charge in [0.25, 0.3) is 0 Å². The minimum absolute atomic E-state index is 0. The van der Waals surface area contributed by atoms with Crippen molar-refractivity contribution in [2.24, 2.45) is 0 Å². The molecule has 3 nitrogen and oxygen atoms in total. The van der Waals surface area contributed by atoms with E-state index in [9.17, 15) is 0 Å². The molecule has 0 fully saturated rings. The molecule has 0 bridgehead atoms. The van der Waals surface area contributed by atoms with Crippen LogP contribution in [0.5, 0.6) is 0 Å². The smallest absolute Gasteiger partial charge is 0.0898 e. The molecule has 0 aliphatic heterocycles. The van der Waals surface area contributed by atoms with Gasteiger partial charge in [0.2, 0.25) is 0 Å². The van der Waals surface area contributed by atoms with Crippen LogP contribution in [0.3, 0.4) is 0 Å². The van der Waals surface area contributed by atoms with E-state index in [1.54, 1.807) is 7.11 Å². The molecule has 1 rings (SSSR count). The summed E-state index contributed by atoms with van der Waals surface area (Å²) in [4.78, 5) is 0. The van der Waals surface area contributed by atoms with Gasteiger partial charge in [-0.2, -0.15) is 0 Å². The van der Waals surface area contributed by atoms with E-state index in [2.05, 4.69) is 37.8 Å². The average Bonchev–Trinajstić information content (AvgIpc) is 2.53. The lowest BCUT2D eigenvalue weighted by molar-refractivity contribution is 0.0877. The molecule has 0 heterocycles. The molecule has 0 saturated heterocycles. The Hall–Kier alpha value is -1.58. The summed E-state index contributed by atoms with van der Waals surface area (Å²) < 4.78 is 10.7. The Bertz CT molecular complexity index is 432. The van der Waals surface area contributed by atoms with E-state index in [-0.39, 0.29) is 11.6 Å². The number of allylic oxidation sites excluding steroid dienone is 2. The molecule has 1 atom stereocenters. The van der Waals surface area contributed by atoms with E-state index in [0.717, 1.165) is 17.6 Å². The molecule has 0 amide bonds. The lowest BCUT2D eigenvalue weighted by Gasteiger charge is -2.09. The number of rotatable bonds is 7. The predicted molar refractivity (Wildman–Crippen MR) is 96.8 cm³/mol. The predicted octanol–water partition coefficient (Wildman–Crippen LogP) is 4.72. The van der Waals surface area contributed by atoms with Crippen LogP contribution in [0.1, 0.15) is 52.2 Å². The maximum atomic E-state index is 5.54. The Labute approximate surface area is 136 Å². The normalized spacial score (nSPS) is 11.6. The van der Waals surface area contributed by atoms with Crippen molar-refractivity contribution in [1.29, 1.82) is 0 Å². The second-order valence-electron chi connectivity index (χ2n) is 4.86. The second kappa shape index (κ2) is 13.1. The van der Waals surface area contributed by atoms with Crippen molar-refractivity contribution in [3.8, 4) is 0 Å².